The van der Waals surface area contributed by atoms with E-state index in [9.17, 15) is 9.59 Å². The molecule has 1 N–H and O–H groups in total. The van der Waals surface area contributed by atoms with E-state index in [1.54, 1.807) is 12.1 Å². The topological polar surface area (TPSA) is 54.9 Å². The highest BCUT2D eigenvalue weighted by atomic mass is 79.9. The maximum Gasteiger partial charge on any atom is 0.329 e. The van der Waals surface area contributed by atoms with Crippen molar-refractivity contribution >= 4 is 26.8 Å². The lowest BCUT2D eigenvalue weighted by atomic mass is 9.93. The fourth-order valence-corrected chi connectivity index (χ4v) is 2.66. The Kier molecular flexibility index (Phi) is 2.43. The molecular weight excluding hydrogens is 284 g/mol. The first-order chi connectivity index (χ1) is 8.18. The fourth-order valence-electron chi connectivity index (χ4n) is 2.20. The Morgan fingerprint density at radius 2 is 2.06 bits per heavy atom. The molecule has 0 aliphatic heterocycles. The molecule has 17 heavy (non-hydrogen) atoms. The number of rotatable bonds is 1. The van der Waals surface area contributed by atoms with Crippen molar-refractivity contribution in [2.75, 3.05) is 0 Å². The van der Waals surface area contributed by atoms with E-state index in [1.165, 1.54) is 4.57 Å². The summed E-state index contributed by atoms with van der Waals surface area (Å²) >= 11 is 3.34. The Balaban J connectivity index is 2.39. The molecule has 1 aromatic heterocycles. The second-order valence-corrected chi connectivity index (χ2v) is 5.21. The number of H-pyrrole nitrogens is 1. The predicted octanol–water partition coefficient (Wildman–Crippen LogP) is 2.18. The second-order valence-electron chi connectivity index (χ2n) is 4.35. The molecule has 1 aromatic carbocycles. The number of hydrogen-bond donors (Lipinski definition) is 1. The van der Waals surface area contributed by atoms with Gasteiger partial charge in [-0.15, -0.1) is 0 Å². The average molecular weight is 295 g/mol. The highest BCUT2D eigenvalue weighted by molar-refractivity contribution is 9.10. The minimum Gasteiger partial charge on any atom is -0.306 e. The Labute approximate surface area is 105 Å². The monoisotopic (exact) mass is 294 g/mol. The van der Waals surface area contributed by atoms with Gasteiger partial charge in [0.05, 0.1) is 10.9 Å². The van der Waals surface area contributed by atoms with E-state index in [2.05, 4.69) is 20.9 Å². The van der Waals surface area contributed by atoms with Gasteiger partial charge in [-0.3, -0.25) is 9.36 Å². The van der Waals surface area contributed by atoms with Crippen LogP contribution in [0.3, 0.4) is 0 Å². The molecule has 1 heterocycles. The quantitative estimate of drug-likeness (QED) is 0.876. The van der Waals surface area contributed by atoms with Crippen LogP contribution in [-0.2, 0) is 0 Å². The molecule has 88 valence electrons. The van der Waals surface area contributed by atoms with Crippen LogP contribution in [0.25, 0.3) is 10.9 Å². The van der Waals surface area contributed by atoms with E-state index >= 15 is 0 Å². The summed E-state index contributed by atoms with van der Waals surface area (Å²) in [5.74, 6) is 0. The summed E-state index contributed by atoms with van der Waals surface area (Å²) in [5.41, 5.74) is 0.0897. The number of nitrogens with zero attached hydrogens (tertiary/aromatic N) is 1. The highest BCUT2D eigenvalue weighted by Gasteiger charge is 2.23. The average Bonchev–Trinajstić information content (AvgIpc) is 2.23. The molecule has 4 nitrogen and oxygen atoms in total. The first-order valence-corrected chi connectivity index (χ1v) is 6.41. The summed E-state index contributed by atoms with van der Waals surface area (Å²) in [7, 11) is 0. The lowest BCUT2D eigenvalue weighted by molar-refractivity contribution is 0.298. The van der Waals surface area contributed by atoms with Gasteiger partial charge >= 0.3 is 5.69 Å². The number of aromatic amines is 1. The van der Waals surface area contributed by atoms with Gasteiger partial charge < -0.3 is 4.98 Å². The zero-order chi connectivity index (χ0) is 12.0. The van der Waals surface area contributed by atoms with Crippen molar-refractivity contribution in [3.8, 4) is 0 Å². The summed E-state index contributed by atoms with van der Waals surface area (Å²) in [5, 5.41) is 0.561. The molecule has 0 atom stereocenters. The molecule has 1 aliphatic carbocycles. The summed E-state index contributed by atoms with van der Waals surface area (Å²) < 4.78 is 2.10. The van der Waals surface area contributed by atoms with Crippen LogP contribution in [0.2, 0.25) is 0 Å². The standard InChI is InChI=1S/C12H11BrN2O2/c13-9-6-2-5-8-10(9)14-12(17)15(11(8)16)7-3-1-4-7/h2,5-7H,1,3-4H2,(H,14,17). The van der Waals surface area contributed by atoms with Gasteiger partial charge in [0.15, 0.2) is 0 Å². The van der Waals surface area contributed by atoms with Crippen molar-refractivity contribution in [3.63, 3.8) is 0 Å². The van der Waals surface area contributed by atoms with Crippen LogP contribution in [0.15, 0.2) is 32.3 Å². The second kappa shape index (κ2) is 3.84. The molecule has 1 fully saturated rings. The maximum absolute atomic E-state index is 12.3. The van der Waals surface area contributed by atoms with E-state index in [0.717, 1.165) is 23.7 Å². The fraction of sp³-hybridized carbons (Fsp3) is 0.333. The molecule has 2 aromatic rings. The Bertz CT molecular complexity index is 698. The number of fused-ring (bicyclic) bond motifs is 1. The van der Waals surface area contributed by atoms with E-state index in [1.807, 2.05) is 6.07 Å². The third kappa shape index (κ3) is 1.57. The third-order valence-corrected chi connectivity index (χ3v) is 4.01. The lowest BCUT2D eigenvalue weighted by Crippen LogP contribution is -2.40. The van der Waals surface area contributed by atoms with Crippen LogP contribution >= 0.6 is 15.9 Å². The van der Waals surface area contributed by atoms with Gasteiger partial charge in [0, 0.05) is 10.5 Å². The van der Waals surface area contributed by atoms with Crippen molar-refractivity contribution in [1.82, 2.24) is 9.55 Å². The van der Waals surface area contributed by atoms with Gasteiger partial charge in [-0.05, 0) is 47.3 Å². The smallest absolute Gasteiger partial charge is 0.306 e. The lowest BCUT2D eigenvalue weighted by Gasteiger charge is -2.26. The van der Waals surface area contributed by atoms with Crippen LogP contribution in [0.1, 0.15) is 25.3 Å². The van der Waals surface area contributed by atoms with Gasteiger partial charge in [-0.2, -0.15) is 0 Å². The van der Waals surface area contributed by atoms with E-state index in [0.29, 0.717) is 10.9 Å². The molecule has 0 bridgehead atoms. The van der Waals surface area contributed by atoms with Crippen LogP contribution in [0, 0.1) is 0 Å². The summed E-state index contributed by atoms with van der Waals surface area (Å²) in [6.45, 7) is 0. The number of aromatic nitrogens is 2. The number of hydrogen-bond acceptors (Lipinski definition) is 2. The molecule has 5 heteroatoms. The minimum absolute atomic E-state index is 0.0784. The van der Waals surface area contributed by atoms with E-state index < -0.39 is 0 Å². The zero-order valence-corrected chi connectivity index (χ0v) is 10.7. The predicted molar refractivity (Wildman–Crippen MR) is 69.4 cm³/mol. The van der Waals surface area contributed by atoms with Crippen molar-refractivity contribution < 1.29 is 0 Å². The molecule has 1 saturated carbocycles. The Morgan fingerprint density at radius 3 is 2.71 bits per heavy atom. The molecule has 0 saturated heterocycles. The molecule has 0 radical (unpaired) electrons. The molecule has 3 rings (SSSR count). The van der Waals surface area contributed by atoms with Gasteiger partial charge in [0.1, 0.15) is 0 Å². The minimum atomic E-state index is -0.306. The van der Waals surface area contributed by atoms with Crippen LogP contribution < -0.4 is 11.2 Å². The summed E-state index contributed by atoms with van der Waals surface area (Å²) in [4.78, 5) is 27.0. The SMILES string of the molecule is O=c1[nH]c2c(Br)cccc2c(=O)n1C1CCC1. The normalized spacial score (nSPS) is 16.1. The third-order valence-electron chi connectivity index (χ3n) is 3.35. The molecule has 0 unspecified atom stereocenters. The molecule has 0 amide bonds. The summed E-state index contributed by atoms with van der Waals surface area (Å²) in [6.07, 6.45) is 2.93. The Morgan fingerprint density at radius 1 is 1.29 bits per heavy atom. The first kappa shape index (κ1) is 10.8. The Hall–Kier alpha value is -1.36. The van der Waals surface area contributed by atoms with Crippen LogP contribution in [0.5, 0.6) is 0 Å². The number of halogens is 1. The largest absolute Gasteiger partial charge is 0.329 e. The molecular formula is C12H11BrN2O2. The van der Waals surface area contributed by atoms with Gasteiger partial charge in [0.25, 0.3) is 5.56 Å². The first-order valence-electron chi connectivity index (χ1n) is 5.61. The van der Waals surface area contributed by atoms with Gasteiger partial charge in [-0.1, -0.05) is 6.07 Å². The van der Waals surface area contributed by atoms with Crippen LogP contribution in [0.4, 0.5) is 0 Å². The van der Waals surface area contributed by atoms with Gasteiger partial charge in [0.2, 0.25) is 0 Å². The maximum atomic E-state index is 12.3. The number of para-hydroxylation sites is 1. The zero-order valence-electron chi connectivity index (χ0n) is 9.07. The number of nitrogens with one attached hydrogen (secondary N) is 1. The van der Waals surface area contributed by atoms with Crippen molar-refractivity contribution in [2.24, 2.45) is 0 Å². The van der Waals surface area contributed by atoms with Crippen molar-refractivity contribution in [2.45, 2.75) is 25.3 Å². The van der Waals surface area contributed by atoms with Crippen molar-refractivity contribution in [3.05, 3.63) is 43.5 Å². The van der Waals surface area contributed by atoms with Gasteiger partial charge in [-0.25, -0.2) is 4.79 Å². The van der Waals surface area contributed by atoms with E-state index in [4.69, 9.17) is 0 Å². The highest BCUT2D eigenvalue weighted by Crippen LogP contribution is 2.29. The molecule has 1 aliphatic rings. The number of benzene rings is 1. The van der Waals surface area contributed by atoms with E-state index in [-0.39, 0.29) is 17.3 Å². The molecule has 0 spiro atoms. The van der Waals surface area contributed by atoms with Crippen LogP contribution in [-0.4, -0.2) is 9.55 Å². The summed E-state index contributed by atoms with van der Waals surface area (Å²) in [6, 6.07) is 5.44. The van der Waals surface area contributed by atoms with Crippen molar-refractivity contribution in [1.29, 1.82) is 0 Å².